The van der Waals surface area contributed by atoms with Crippen LogP contribution in [0.3, 0.4) is 0 Å². The Morgan fingerprint density at radius 2 is 2.22 bits per heavy atom. The summed E-state index contributed by atoms with van der Waals surface area (Å²) in [6.07, 6.45) is 2.09. The highest BCUT2D eigenvalue weighted by Crippen LogP contribution is 2.19. The Labute approximate surface area is 118 Å². The molecule has 7 heteroatoms. The predicted octanol–water partition coefficient (Wildman–Crippen LogP) is 2.82. The smallest absolute Gasteiger partial charge is 0.252 e. The third kappa shape index (κ3) is 3.41. The highest BCUT2D eigenvalue weighted by molar-refractivity contribution is 7.07. The second kappa shape index (κ2) is 6.13. The number of halogens is 2. The molecule has 1 amide bonds. The molecule has 0 saturated carbocycles. The second-order valence-corrected chi connectivity index (χ2v) is 4.97. The van der Waals surface area contributed by atoms with Gasteiger partial charge >= 0.3 is 0 Å². The SMILES string of the molecule is O=C(NCCc1cscn1)c1cnc(Cl)c(Cl)c1. The summed E-state index contributed by atoms with van der Waals surface area (Å²) in [7, 11) is 0. The van der Waals surface area contributed by atoms with E-state index in [9.17, 15) is 4.79 Å². The molecule has 0 unspecified atom stereocenters. The van der Waals surface area contributed by atoms with Gasteiger partial charge in [0.1, 0.15) is 5.15 Å². The minimum absolute atomic E-state index is 0.190. The molecule has 1 N–H and O–H groups in total. The summed E-state index contributed by atoms with van der Waals surface area (Å²) in [5, 5.41) is 5.18. The summed E-state index contributed by atoms with van der Waals surface area (Å²) in [5.74, 6) is -0.226. The summed E-state index contributed by atoms with van der Waals surface area (Å²) < 4.78 is 0. The van der Waals surface area contributed by atoms with Gasteiger partial charge in [-0.15, -0.1) is 11.3 Å². The fourth-order valence-corrected chi connectivity index (χ4v) is 2.18. The van der Waals surface area contributed by atoms with Gasteiger partial charge in [-0.05, 0) is 6.07 Å². The van der Waals surface area contributed by atoms with Crippen LogP contribution in [0.5, 0.6) is 0 Å². The summed E-state index contributed by atoms with van der Waals surface area (Å²) in [4.78, 5) is 19.7. The van der Waals surface area contributed by atoms with Crippen LogP contribution in [0.2, 0.25) is 10.2 Å². The van der Waals surface area contributed by atoms with Gasteiger partial charge in [-0.3, -0.25) is 4.79 Å². The molecule has 0 aliphatic heterocycles. The molecule has 0 aromatic carbocycles. The zero-order valence-electron chi connectivity index (χ0n) is 9.19. The standard InChI is InChI=1S/C11H9Cl2N3OS/c12-9-3-7(4-15-10(9)13)11(17)14-2-1-8-5-18-6-16-8/h3-6H,1-2H2,(H,14,17). The molecule has 4 nitrogen and oxygen atoms in total. The van der Waals surface area contributed by atoms with Crippen molar-refractivity contribution in [1.29, 1.82) is 0 Å². The number of thiazole rings is 1. The number of carbonyl (C=O) groups is 1. The first-order chi connectivity index (χ1) is 8.66. The van der Waals surface area contributed by atoms with E-state index in [1.807, 2.05) is 5.38 Å². The molecule has 0 bridgehead atoms. The fraction of sp³-hybridized carbons (Fsp3) is 0.182. The number of hydrogen-bond acceptors (Lipinski definition) is 4. The van der Waals surface area contributed by atoms with Crippen LogP contribution in [-0.2, 0) is 6.42 Å². The van der Waals surface area contributed by atoms with E-state index >= 15 is 0 Å². The topological polar surface area (TPSA) is 54.9 Å². The van der Waals surface area contributed by atoms with E-state index in [4.69, 9.17) is 23.2 Å². The van der Waals surface area contributed by atoms with Gasteiger partial charge in [0.25, 0.3) is 5.91 Å². The molecule has 2 aromatic heterocycles. The molecule has 2 heterocycles. The molecular weight excluding hydrogens is 293 g/mol. The van der Waals surface area contributed by atoms with Crippen LogP contribution >= 0.6 is 34.5 Å². The van der Waals surface area contributed by atoms with Crippen molar-refractivity contribution in [2.75, 3.05) is 6.54 Å². The first-order valence-corrected chi connectivity index (χ1v) is 6.83. The lowest BCUT2D eigenvalue weighted by molar-refractivity contribution is 0.0953. The van der Waals surface area contributed by atoms with Gasteiger partial charge in [-0.1, -0.05) is 23.2 Å². The zero-order valence-corrected chi connectivity index (χ0v) is 11.5. The number of rotatable bonds is 4. The van der Waals surface area contributed by atoms with Crippen molar-refractivity contribution in [3.8, 4) is 0 Å². The first-order valence-electron chi connectivity index (χ1n) is 5.13. The van der Waals surface area contributed by atoms with Gasteiger partial charge in [0, 0.05) is 24.5 Å². The van der Waals surface area contributed by atoms with Crippen LogP contribution in [-0.4, -0.2) is 22.4 Å². The number of hydrogen-bond donors (Lipinski definition) is 1. The Bertz CT molecular complexity index is 545. The first kappa shape index (κ1) is 13.3. The Morgan fingerprint density at radius 1 is 1.39 bits per heavy atom. The number of pyridine rings is 1. The summed E-state index contributed by atoms with van der Waals surface area (Å²) >= 11 is 13.0. The van der Waals surface area contributed by atoms with E-state index in [-0.39, 0.29) is 16.1 Å². The van der Waals surface area contributed by atoms with E-state index in [0.29, 0.717) is 18.5 Å². The lowest BCUT2D eigenvalue weighted by Gasteiger charge is -2.04. The van der Waals surface area contributed by atoms with Crippen molar-refractivity contribution >= 4 is 40.4 Å². The third-order valence-electron chi connectivity index (χ3n) is 2.21. The second-order valence-electron chi connectivity index (χ2n) is 3.48. The van der Waals surface area contributed by atoms with Crippen LogP contribution in [0, 0.1) is 0 Å². The van der Waals surface area contributed by atoms with E-state index in [0.717, 1.165) is 5.69 Å². The predicted molar refractivity (Wildman–Crippen MR) is 72.4 cm³/mol. The summed E-state index contributed by atoms with van der Waals surface area (Å²) in [5.41, 5.74) is 3.12. The number of nitrogens with zero attached hydrogens (tertiary/aromatic N) is 2. The minimum atomic E-state index is -0.226. The Morgan fingerprint density at radius 3 is 2.89 bits per heavy atom. The van der Waals surface area contributed by atoms with Gasteiger partial charge in [-0.25, -0.2) is 9.97 Å². The molecule has 0 saturated heterocycles. The number of aromatic nitrogens is 2. The van der Waals surface area contributed by atoms with Crippen LogP contribution in [0.4, 0.5) is 0 Å². The maximum atomic E-state index is 11.8. The van der Waals surface area contributed by atoms with Gasteiger partial charge in [0.15, 0.2) is 0 Å². The number of nitrogens with one attached hydrogen (secondary N) is 1. The average molecular weight is 302 g/mol. The third-order valence-corrected chi connectivity index (χ3v) is 3.53. The van der Waals surface area contributed by atoms with Gasteiger partial charge in [0.05, 0.1) is 21.8 Å². The van der Waals surface area contributed by atoms with E-state index in [1.165, 1.54) is 23.6 Å². The summed E-state index contributed by atoms with van der Waals surface area (Å²) in [6, 6.07) is 1.50. The van der Waals surface area contributed by atoms with Crippen LogP contribution in [0.1, 0.15) is 16.1 Å². The van der Waals surface area contributed by atoms with Crippen molar-refractivity contribution in [1.82, 2.24) is 15.3 Å². The molecule has 0 atom stereocenters. The molecular formula is C11H9Cl2N3OS. The largest absolute Gasteiger partial charge is 0.352 e. The monoisotopic (exact) mass is 301 g/mol. The number of amides is 1. The molecule has 18 heavy (non-hydrogen) atoms. The maximum Gasteiger partial charge on any atom is 0.252 e. The van der Waals surface area contributed by atoms with Crippen molar-refractivity contribution in [3.63, 3.8) is 0 Å². The quantitative estimate of drug-likeness (QED) is 0.884. The highest BCUT2D eigenvalue weighted by atomic mass is 35.5. The average Bonchev–Trinajstić information content (AvgIpc) is 2.85. The fourth-order valence-electron chi connectivity index (χ4n) is 1.31. The van der Waals surface area contributed by atoms with Crippen molar-refractivity contribution in [2.24, 2.45) is 0 Å². The Hall–Kier alpha value is -1.17. The molecule has 2 rings (SSSR count). The van der Waals surface area contributed by atoms with Crippen molar-refractivity contribution in [2.45, 2.75) is 6.42 Å². The molecule has 0 aliphatic rings. The van der Waals surface area contributed by atoms with E-state index < -0.39 is 0 Å². The molecule has 0 fully saturated rings. The van der Waals surface area contributed by atoms with E-state index in [2.05, 4.69) is 15.3 Å². The Balaban J connectivity index is 1.89. The summed E-state index contributed by atoms with van der Waals surface area (Å²) in [6.45, 7) is 0.517. The van der Waals surface area contributed by atoms with Crippen LogP contribution in [0.15, 0.2) is 23.2 Å². The van der Waals surface area contributed by atoms with Gasteiger partial charge < -0.3 is 5.32 Å². The normalized spacial score (nSPS) is 10.3. The highest BCUT2D eigenvalue weighted by Gasteiger charge is 2.08. The van der Waals surface area contributed by atoms with Gasteiger partial charge in [-0.2, -0.15) is 0 Å². The molecule has 94 valence electrons. The van der Waals surface area contributed by atoms with Crippen LogP contribution in [0.25, 0.3) is 0 Å². The Kier molecular flexibility index (Phi) is 4.52. The van der Waals surface area contributed by atoms with E-state index in [1.54, 1.807) is 5.51 Å². The van der Waals surface area contributed by atoms with Gasteiger partial charge in [0.2, 0.25) is 0 Å². The van der Waals surface area contributed by atoms with Crippen molar-refractivity contribution in [3.05, 3.63) is 44.6 Å². The van der Waals surface area contributed by atoms with Crippen LogP contribution < -0.4 is 5.32 Å². The molecule has 0 spiro atoms. The maximum absolute atomic E-state index is 11.8. The molecule has 2 aromatic rings. The lowest BCUT2D eigenvalue weighted by Crippen LogP contribution is -2.25. The lowest BCUT2D eigenvalue weighted by atomic mass is 10.2. The minimum Gasteiger partial charge on any atom is -0.352 e. The zero-order chi connectivity index (χ0) is 13.0. The molecule has 0 aliphatic carbocycles. The van der Waals surface area contributed by atoms with Crippen molar-refractivity contribution < 1.29 is 4.79 Å². The molecule has 0 radical (unpaired) electrons. The number of carbonyl (C=O) groups excluding carboxylic acids is 1.